The Morgan fingerprint density at radius 1 is 1.24 bits per heavy atom. The fraction of sp³-hybridized carbons (Fsp3) is 0.600. The number of aliphatic hydroxyl groups excluding tert-OH is 1. The first-order chi connectivity index (χ1) is 8.16. The summed E-state index contributed by atoms with van der Waals surface area (Å²) in [5, 5.41) is 13.0. The Balaban J connectivity index is 1.74. The van der Waals surface area contributed by atoms with Crippen LogP contribution in [0.25, 0.3) is 0 Å². The van der Waals surface area contributed by atoms with E-state index in [1.54, 1.807) is 0 Å². The molecule has 0 aromatic heterocycles. The molecule has 2 nitrogen and oxygen atoms in total. The minimum absolute atomic E-state index is 0.148. The lowest BCUT2D eigenvalue weighted by molar-refractivity contribution is 0.148. The van der Waals surface area contributed by atoms with Crippen LogP contribution in [0.15, 0.2) is 24.3 Å². The van der Waals surface area contributed by atoms with Gasteiger partial charge in [0.2, 0.25) is 0 Å². The lowest BCUT2D eigenvalue weighted by Crippen LogP contribution is -2.27. The van der Waals surface area contributed by atoms with Gasteiger partial charge >= 0.3 is 0 Å². The van der Waals surface area contributed by atoms with Crippen LogP contribution >= 0.6 is 0 Å². The highest BCUT2D eigenvalue weighted by atomic mass is 16.3. The maximum Gasteiger partial charge on any atom is 0.0692 e. The fourth-order valence-corrected chi connectivity index (χ4v) is 2.03. The highest BCUT2D eigenvalue weighted by molar-refractivity contribution is 5.24. The number of rotatable bonds is 6. The van der Waals surface area contributed by atoms with E-state index in [0.717, 1.165) is 13.1 Å². The molecule has 0 heterocycles. The van der Waals surface area contributed by atoms with E-state index >= 15 is 0 Å². The predicted molar refractivity (Wildman–Crippen MR) is 71.0 cm³/mol. The van der Waals surface area contributed by atoms with Crippen molar-refractivity contribution in [1.29, 1.82) is 0 Å². The second-order valence-electron chi connectivity index (χ2n) is 5.43. The van der Waals surface area contributed by atoms with Gasteiger partial charge in [-0.05, 0) is 35.8 Å². The second kappa shape index (κ2) is 5.65. The third-order valence-corrected chi connectivity index (χ3v) is 3.50. The SMILES string of the molecule is CC(C)c1ccc(CNCC(O)C2CC2)cc1. The van der Waals surface area contributed by atoms with Crippen molar-refractivity contribution in [3.05, 3.63) is 35.4 Å². The number of hydrogen-bond acceptors (Lipinski definition) is 2. The first kappa shape index (κ1) is 12.6. The highest BCUT2D eigenvalue weighted by Gasteiger charge is 2.28. The first-order valence-corrected chi connectivity index (χ1v) is 6.64. The van der Waals surface area contributed by atoms with Crippen LogP contribution in [0.5, 0.6) is 0 Å². The van der Waals surface area contributed by atoms with Gasteiger partial charge in [0.05, 0.1) is 6.10 Å². The summed E-state index contributed by atoms with van der Waals surface area (Å²) in [7, 11) is 0. The summed E-state index contributed by atoms with van der Waals surface area (Å²) in [5.41, 5.74) is 2.67. The van der Waals surface area contributed by atoms with Crippen LogP contribution < -0.4 is 5.32 Å². The van der Waals surface area contributed by atoms with Crippen LogP contribution in [0, 0.1) is 5.92 Å². The van der Waals surface area contributed by atoms with Gasteiger partial charge < -0.3 is 10.4 Å². The molecule has 1 aliphatic rings. The van der Waals surface area contributed by atoms with E-state index in [4.69, 9.17) is 0 Å². The molecule has 94 valence electrons. The topological polar surface area (TPSA) is 32.3 Å². The van der Waals surface area contributed by atoms with E-state index < -0.39 is 0 Å². The quantitative estimate of drug-likeness (QED) is 0.791. The number of aliphatic hydroxyl groups is 1. The average Bonchev–Trinajstić information content (AvgIpc) is 3.13. The fourth-order valence-electron chi connectivity index (χ4n) is 2.03. The Morgan fingerprint density at radius 2 is 1.88 bits per heavy atom. The van der Waals surface area contributed by atoms with Crippen molar-refractivity contribution in [2.45, 2.75) is 45.3 Å². The third kappa shape index (κ3) is 3.83. The Morgan fingerprint density at radius 3 is 2.41 bits per heavy atom. The molecular weight excluding hydrogens is 210 g/mol. The van der Waals surface area contributed by atoms with Gasteiger partial charge in [-0.3, -0.25) is 0 Å². The van der Waals surface area contributed by atoms with Gasteiger partial charge in [-0.25, -0.2) is 0 Å². The monoisotopic (exact) mass is 233 g/mol. The van der Waals surface area contributed by atoms with Crippen LogP contribution in [-0.2, 0) is 6.54 Å². The Labute approximate surface area is 104 Å². The third-order valence-electron chi connectivity index (χ3n) is 3.50. The molecule has 1 aromatic carbocycles. The minimum atomic E-state index is -0.148. The van der Waals surface area contributed by atoms with Crippen molar-refractivity contribution in [3.63, 3.8) is 0 Å². The van der Waals surface area contributed by atoms with Gasteiger partial charge in [0, 0.05) is 13.1 Å². The summed E-state index contributed by atoms with van der Waals surface area (Å²) in [6, 6.07) is 8.73. The molecule has 1 unspecified atom stereocenters. The van der Waals surface area contributed by atoms with E-state index in [1.807, 2.05) is 0 Å². The van der Waals surface area contributed by atoms with E-state index in [1.165, 1.54) is 24.0 Å². The second-order valence-corrected chi connectivity index (χ2v) is 5.43. The summed E-state index contributed by atoms with van der Waals surface area (Å²) in [6.07, 6.45) is 2.25. The van der Waals surface area contributed by atoms with Crippen LogP contribution in [0.4, 0.5) is 0 Å². The van der Waals surface area contributed by atoms with Gasteiger partial charge in [-0.2, -0.15) is 0 Å². The van der Waals surface area contributed by atoms with Gasteiger partial charge in [-0.1, -0.05) is 38.1 Å². The lowest BCUT2D eigenvalue weighted by atomic mass is 10.0. The van der Waals surface area contributed by atoms with E-state index in [9.17, 15) is 5.11 Å². The standard InChI is InChI=1S/C15H23NO/c1-11(2)13-5-3-12(4-6-13)9-16-10-15(17)14-7-8-14/h3-6,11,14-17H,7-10H2,1-2H3. The van der Waals surface area contributed by atoms with Gasteiger partial charge in [-0.15, -0.1) is 0 Å². The first-order valence-electron chi connectivity index (χ1n) is 6.64. The maximum absolute atomic E-state index is 9.72. The predicted octanol–water partition coefficient (Wildman–Crippen LogP) is 2.67. The largest absolute Gasteiger partial charge is 0.392 e. The lowest BCUT2D eigenvalue weighted by Gasteiger charge is -2.11. The zero-order valence-corrected chi connectivity index (χ0v) is 10.8. The smallest absolute Gasteiger partial charge is 0.0692 e. The number of benzene rings is 1. The molecule has 1 fully saturated rings. The summed E-state index contributed by atoms with van der Waals surface area (Å²) in [5.74, 6) is 1.15. The molecule has 17 heavy (non-hydrogen) atoms. The van der Waals surface area contributed by atoms with Gasteiger partial charge in [0.25, 0.3) is 0 Å². The number of nitrogens with one attached hydrogen (secondary N) is 1. The molecular formula is C15H23NO. The highest BCUT2D eigenvalue weighted by Crippen LogP contribution is 2.32. The summed E-state index contributed by atoms with van der Waals surface area (Å²) in [6.45, 7) is 5.98. The molecule has 1 aromatic rings. The summed E-state index contributed by atoms with van der Waals surface area (Å²) >= 11 is 0. The molecule has 1 saturated carbocycles. The molecule has 0 radical (unpaired) electrons. The zero-order chi connectivity index (χ0) is 12.3. The van der Waals surface area contributed by atoms with E-state index in [0.29, 0.717) is 11.8 Å². The van der Waals surface area contributed by atoms with Crippen LogP contribution in [0.1, 0.15) is 43.7 Å². The average molecular weight is 233 g/mol. The summed E-state index contributed by atoms with van der Waals surface area (Å²) < 4.78 is 0. The molecule has 2 N–H and O–H groups in total. The van der Waals surface area contributed by atoms with Crippen molar-refractivity contribution in [1.82, 2.24) is 5.32 Å². The molecule has 0 saturated heterocycles. The molecule has 0 spiro atoms. The molecule has 2 rings (SSSR count). The molecule has 2 heteroatoms. The van der Waals surface area contributed by atoms with E-state index in [2.05, 4.69) is 43.4 Å². The van der Waals surface area contributed by atoms with Gasteiger partial charge in [0.1, 0.15) is 0 Å². The molecule has 1 atom stereocenters. The van der Waals surface area contributed by atoms with Crippen molar-refractivity contribution < 1.29 is 5.11 Å². The normalized spacial score (nSPS) is 17.4. The Bertz CT molecular complexity index is 340. The van der Waals surface area contributed by atoms with Gasteiger partial charge in [0.15, 0.2) is 0 Å². The van der Waals surface area contributed by atoms with Crippen LogP contribution in [0.3, 0.4) is 0 Å². The Hall–Kier alpha value is -0.860. The van der Waals surface area contributed by atoms with Crippen molar-refractivity contribution in [3.8, 4) is 0 Å². The van der Waals surface area contributed by atoms with Crippen LogP contribution in [0.2, 0.25) is 0 Å². The Kier molecular flexibility index (Phi) is 4.19. The molecule has 0 bridgehead atoms. The van der Waals surface area contributed by atoms with Crippen molar-refractivity contribution >= 4 is 0 Å². The maximum atomic E-state index is 9.72. The minimum Gasteiger partial charge on any atom is -0.392 e. The van der Waals surface area contributed by atoms with Crippen LogP contribution in [-0.4, -0.2) is 17.8 Å². The zero-order valence-electron chi connectivity index (χ0n) is 10.8. The molecule has 0 amide bonds. The van der Waals surface area contributed by atoms with Crippen molar-refractivity contribution in [2.75, 3.05) is 6.54 Å². The van der Waals surface area contributed by atoms with E-state index in [-0.39, 0.29) is 6.10 Å². The van der Waals surface area contributed by atoms with Crippen molar-refractivity contribution in [2.24, 2.45) is 5.92 Å². The molecule has 0 aliphatic heterocycles. The summed E-state index contributed by atoms with van der Waals surface area (Å²) in [4.78, 5) is 0. The molecule has 1 aliphatic carbocycles. The number of hydrogen-bond donors (Lipinski definition) is 2.